The molecule has 0 bridgehead atoms. The molecular formula is C20H24N2O3. The highest BCUT2D eigenvalue weighted by Crippen LogP contribution is 2.20. The van der Waals surface area contributed by atoms with Gasteiger partial charge in [-0.05, 0) is 43.9 Å². The molecule has 25 heavy (non-hydrogen) atoms. The summed E-state index contributed by atoms with van der Waals surface area (Å²) >= 11 is 0. The number of piperidine rings is 1. The molecule has 0 aliphatic carbocycles. The van der Waals surface area contributed by atoms with Crippen LogP contribution in [0.5, 0.6) is 0 Å². The highest BCUT2D eigenvalue weighted by atomic mass is 16.3. The van der Waals surface area contributed by atoms with Crippen LogP contribution in [-0.2, 0) is 11.3 Å². The van der Waals surface area contributed by atoms with Gasteiger partial charge in [-0.25, -0.2) is 0 Å². The van der Waals surface area contributed by atoms with Gasteiger partial charge in [0.1, 0.15) is 6.26 Å². The van der Waals surface area contributed by atoms with E-state index in [1.165, 1.54) is 23.7 Å². The van der Waals surface area contributed by atoms with Crippen LogP contribution in [0.25, 0.3) is 0 Å². The summed E-state index contributed by atoms with van der Waals surface area (Å²) in [6.45, 7) is 5.89. The van der Waals surface area contributed by atoms with Crippen LogP contribution in [0.3, 0.4) is 0 Å². The lowest BCUT2D eigenvalue weighted by molar-refractivity contribution is -0.126. The van der Waals surface area contributed by atoms with Gasteiger partial charge in [0.15, 0.2) is 0 Å². The zero-order valence-electron chi connectivity index (χ0n) is 14.7. The Hall–Kier alpha value is -2.56. The molecule has 1 saturated heterocycles. The van der Waals surface area contributed by atoms with Crippen LogP contribution in [0.15, 0.2) is 41.2 Å². The second-order valence-corrected chi connectivity index (χ2v) is 6.73. The Morgan fingerprint density at radius 3 is 2.60 bits per heavy atom. The Morgan fingerprint density at radius 2 is 1.96 bits per heavy atom. The Labute approximate surface area is 148 Å². The predicted molar refractivity (Wildman–Crippen MR) is 95.1 cm³/mol. The van der Waals surface area contributed by atoms with Crippen molar-refractivity contribution in [1.82, 2.24) is 10.2 Å². The minimum Gasteiger partial charge on any atom is -0.472 e. The van der Waals surface area contributed by atoms with Crippen LogP contribution in [0, 0.1) is 19.8 Å². The van der Waals surface area contributed by atoms with Crippen molar-refractivity contribution in [2.75, 3.05) is 13.1 Å². The summed E-state index contributed by atoms with van der Waals surface area (Å²) in [7, 11) is 0. The minimum atomic E-state index is -0.0286. The number of hydrogen-bond donors (Lipinski definition) is 1. The molecular weight excluding hydrogens is 316 g/mol. The largest absolute Gasteiger partial charge is 0.472 e. The number of furan rings is 1. The lowest BCUT2D eigenvalue weighted by Gasteiger charge is -2.31. The molecule has 1 aromatic heterocycles. The van der Waals surface area contributed by atoms with Crippen molar-refractivity contribution < 1.29 is 14.0 Å². The fourth-order valence-electron chi connectivity index (χ4n) is 3.28. The highest BCUT2D eigenvalue weighted by Gasteiger charge is 2.28. The van der Waals surface area contributed by atoms with E-state index in [-0.39, 0.29) is 17.7 Å². The standard InChI is InChI=1S/C20H24N2O3/c1-14-3-4-17(15(2)11-14)12-21-19(23)16-5-8-22(9-6-16)20(24)18-7-10-25-13-18/h3-4,7,10-11,13,16H,5-6,8-9,12H2,1-2H3,(H,21,23). The number of nitrogens with one attached hydrogen (secondary N) is 1. The van der Waals surface area contributed by atoms with E-state index in [0.717, 1.165) is 5.56 Å². The Bertz CT molecular complexity index is 744. The second kappa shape index (κ2) is 7.55. The predicted octanol–water partition coefficient (Wildman–Crippen LogP) is 3.07. The Morgan fingerprint density at radius 1 is 1.20 bits per heavy atom. The Kier molecular flexibility index (Phi) is 5.22. The number of carbonyl (C=O) groups excluding carboxylic acids is 2. The molecule has 1 aromatic carbocycles. The molecule has 3 rings (SSSR count). The average molecular weight is 340 g/mol. The first-order valence-electron chi connectivity index (χ1n) is 8.70. The fourth-order valence-corrected chi connectivity index (χ4v) is 3.28. The number of likely N-dealkylation sites (tertiary alicyclic amines) is 1. The van der Waals surface area contributed by atoms with Crippen LogP contribution < -0.4 is 5.32 Å². The third-order valence-corrected chi connectivity index (χ3v) is 4.87. The third kappa shape index (κ3) is 4.10. The smallest absolute Gasteiger partial charge is 0.257 e. The number of nitrogens with zero attached hydrogens (tertiary/aromatic N) is 1. The average Bonchev–Trinajstić information content (AvgIpc) is 3.15. The van der Waals surface area contributed by atoms with E-state index >= 15 is 0 Å². The van der Waals surface area contributed by atoms with E-state index in [4.69, 9.17) is 4.42 Å². The van der Waals surface area contributed by atoms with Crippen LogP contribution in [-0.4, -0.2) is 29.8 Å². The van der Waals surface area contributed by atoms with Crippen LogP contribution in [0.2, 0.25) is 0 Å². The van der Waals surface area contributed by atoms with E-state index in [0.29, 0.717) is 38.0 Å². The molecule has 0 saturated carbocycles. The van der Waals surface area contributed by atoms with Crippen molar-refractivity contribution in [3.63, 3.8) is 0 Å². The van der Waals surface area contributed by atoms with Gasteiger partial charge in [0.2, 0.25) is 5.91 Å². The number of carbonyl (C=O) groups is 2. The van der Waals surface area contributed by atoms with Crippen LogP contribution in [0.4, 0.5) is 0 Å². The zero-order valence-corrected chi connectivity index (χ0v) is 14.7. The molecule has 2 amide bonds. The molecule has 2 aromatic rings. The summed E-state index contributed by atoms with van der Waals surface area (Å²) in [5.74, 6) is 0.0254. The third-order valence-electron chi connectivity index (χ3n) is 4.87. The van der Waals surface area contributed by atoms with E-state index in [1.54, 1.807) is 11.0 Å². The summed E-state index contributed by atoms with van der Waals surface area (Å²) in [6, 6.07) is 7.93. The monoisotopic (exact) mass is 340 g/mol. The molecule has 1 aliphatic rings. The van der Waals surface area contributed by atoms with Gasteiger partial charge in [0, 0.05) is 25.6 Å². The first kappa shape index (κ1) is 17.3. The molecule has 1 aliphatic heterocycles. The molecule has 1 fully saturated rings. The van der Waals surface area contributed by atoms with Gasteiger partial charge in [-0.1, -0.05) is 23.8 Å². The van der Waals surface area contributed by atoms with E-state index in [2.05, 4.69) is 37.4 Å². The van der Waals surface area contributed by atoms with Crippen LogP contribution in [0.1, 0.15) is 39.9 Å². The zero-order chi connectivity index (χ0) is 17.8. The first-order chi connectivity index (χ1) is 12.0. The van der Waals surface area contributed by atoms with Gasteiger partial charge in [-0.15, -0.1) is 0 Å². The van der Waals surface area contributed by atoms with Crippen molar-refractivity contribution in [1.29, 1.82) is 0 Å². The van der Waals surface area contributed by atoms with E-state index < -0.39 is 0 Å². The lowest BCUT2D eigenvalue weighted by atomic mass is 9.95. The molecule has 0 unspecified atom stereocenters. The van der Waals surface area contributed by atoms with Gasteiger partial charge in [0.05, 0.1) is 11.8 Å². The topological polar surface area (TPSA) is 62.6 Å². The van der Waals surface area contributed by atoms with Crippen molar-refractivity contribution in [3.8, 4) is 0 Å². The number of aryl methyl sites for hydroxylation is 2. The van der Waals surface area contributed by atoms with E-state index in [1.807, 2.05) is 0 Å². The van der Waals surface area contributed by atoms with Crippen molar-refractivity contribution in [3.05, 3.63) is 59.0 Å². The lowest BCUT2D eigenvalue weighted by Crippen LogP contribution is -2.42. The summed E-state index contributed by atoms with van der Waals surface area (Å²) < 4.78 is 4.97. The number of benzene rings is 1. The van der Waals surface area contributed by atoms with Gasteiger partial charge < -0.3 is 14.6 Å². The molecule has 0 spiro atoms. The van der Waals surface area contributed by atoms with Gasteiger partial charge in [0.25, 0.3) is 5.91 Å². The van der Waals surface area contributed by atoms with Gasteiger partial charge in [-0.3, -0.25) is 9.59 Å². The minimum absolute atomic E-state index is 0.0251. The normalized spacial score (nSPS) is 15.2. The Balaban J connectivity index is 1.49. The molecule has 5 nitrogen and oxygen atoms in total. The SMILES string of the molecule is Cc1ccc(CNC(=O)C2CCN(C(=O)c3ccoc3)CC2)c(C)c1. The molecule has 2 heterocycles. The van der Waals surface area contributed by atoms with Crippen molar-refractivity contribution >= 4 is 11.8 Å². The second-order valence-electron chi connectivity index (χ2n) is 6.73. The quantitative estimate of drug-likeness (QED) is 0.930. The number of rotatable bonds is 4. The number of amides is 2. The molecule has 132 valence electrons. The van der Waals surface area contributed by atoms with Crippen LogP contribution >= 0.6 is 0 Å². The molecule has 5 heteroatoms. The van der Waals surface area contributed by atoms with Gasteiger partial charge >= 0.3 is 0 Å². The maximum atomic E-state index is 12.4. The summed E-state index contributed by atoms with van der Waals surface area (Å²) in [6.07, 6.45) is 4.36. The summed E-state index contributed by atoms with van der Waals surface area (Å²) in [5, 5.41) is 3.04. The summed E-state index contributed by atoms with van der Waals surface area (Å²) in [5.41, 5.74) is 4.13. The van der Waals surface area contributed by atoms with E-state index in [9.17, 15) is 9.59 Å². The van der Waals surface area contributed by atoms with Crippen molar-refractivity contribution in [2.45, 2.75) is 33.2 Å². The van der Waals surface area contributed by atoms with Gasteiger partial charge in [-0.2, -0.15) is 0 Å². The molecule has 1 N–H and O–H groups in total. The molecule has 0 atom stereocenters. The number of hydrogen-bond acceptors (Lipinski definition) is 3. The maximum Gasteiger partial charge on any atom is 0.257 e. The first-order valence-corrected chi connectivity index (χ1v) is 8.70. The molecule has 0 radical (unpaired) electrons. The fraction of sp³-hybridized carbons (Fsp3) is 0.400. The van der Waals surface area contributed by atoms with Crippen molar-refractivity contribution in [2.24, 2.45) is 5.92 Å². The maximum absolute atomic E-state index is 12.4. The summed E-state index contributed by atoms with van der Waals surface area (Å²) in [4.78, 5) is 26.5. The highest BCUT2D eigenvalue weighted by molar-refractivity contribution is 5.94.